The molecule has 11 nitrogen and oxygen atoms in total. The van der Waals surface area contributed by atoms with Crippen LogP contribution in [-0.2, 0) is 35.3 Å². The fourth-order valence-electron chi connectivity index (χ4n) is 5.24. The van der Waals surface area contributed by atoms with E-state index in [0.717, 1.165) is 17.3 Å². The highest BCUT2D eigenvalue weighted by Gasteiger charge is 2.39. The summed E-state index contributed by atoms with van der Waals surface area (Å²) in [6.07, 6.45) is -9.15. The molecular formula is C24H26F6N8O3. The van der Waals surface area contributed by atoms with Crippen LogP contribution < -0.4 is 10.5 Å². The lowest BCUT2D eigenvalue weighted by Crippen LogP contribution is -2.57. The monoisotopic (exact) mass is 588 g/mol. The number of hydrogen-bond acceptors (Lipinski definition) is 8. The topological polar surface area (TPSA) is 119 Å². The molecule has 5 heterocycles. The number of piperazine rings is 1. The van der Waals surface area contributed by atoms with E-state index in [2.05, 4.69) is 20.2 Å². The van der Waals surface area contributed by atoms with Crippen molar-refractivity contribution in [3.63, 3.8) is 0 Å². The maximum atomic E-state index is 13.0. The molecule has 41 heavy (non-hydrogen) atoms. The van der Waals surface area contributed by atoms with Crippen molar-refractivity contribution in [2.45, 2.75) is 38.3 Å². The molecule has 0 bridgehead atoms. The van der Waals surface area contributed by atoms with Gasteiger partial charge >= 0.3 is 12.4 Å². The van der Waals surface area contributed by atoms with Gasteiger partial charge in [-0.1, -0.05) is 0 Å². The number of nitrogens with one attached hydrogen (secondary N) is 1. The Morgan fingerprint density at radius 3 is 2.20 bits per heavy atom. The molecule has 2 aromatic rings. The van der Waals surface area contributed by atoms with E-state index < -0.39 is 35.8 Å². The number of halogens is 6. The molecular weight excluding hydrogens is 562 g/mol. The van der Waals surface area contributed by atoms with Crippen LogP contribution in [0.1, 0.15) is 28.8 Å². The molecule has 3 aliphatic heterocycles. The molecule has 0 atom stereocenters. The minimum absolute atomic E-state index is 0.00694. The lowest BCUT2D eigenvalue weighted by molar-refractivity contribution is -0.162. The quantitative estimate of drug-likeness (QED) is 0.518. The third-order valence-electron chi connectivity index (χ3n) is 7.48. The molecule has 5 rings (SSSR count). The van der Waals surface area contributed by atoms with Crippen LogP contribution in [0.2, 0.25) is 0 Å². The average Bonchev–Trinajstić information content (AvgIpc) is 2.90. The molecule has 0 spiro atoms. The van der Waals surface area contributed by atoms with Gasteiger partial charge in [0.15, 0.2) is 0 Å². The van der Waals surface area contributed by atoms with E-state index >= 15 is 0 Å². The number of carbonyl (C=O) groups is 2. The molecule has 222 valence electrons. The van der Waals surface area contributed by atoms with Crippen molar-refractivity contribution in [2.75, 3.05) is 50.7 Å². The molecule has 0 saturated carbocycles. The van der Waals surface area contributed by atoms with E-state index in [0.29, 0.717) is 56.1 Å². The molecule has 17 heteroatoms. The minimum atomic E-state index is -4.63. The molecule has 2 aromatic heterocycles. The average molecular weight is 589 g/mol. The molecule has 0 radical (unpaired) electrons. The Bertz CT molecular complexity index is 1350. The molecule has 2 saturated heterocycles. The number of fused-ring (bicyclic) bond motifs is 1. The number of H-pyrrole nitrogens is 1. The van der Waals surface area contributed by atoms with Crippen molar-refractivity contribution in [2.24, 2.45) is 5.92 Å². The number of amides is 2. The molecule has 1 N–H and O–H groups in total. The summed E-state index contributed by atoms with van der Waals surface area (Å²) in [6.45, 7) is 2.39. The van der Waals surface area contributed by atoms with Crippen LogP contribution in [0, 0.1) is 5.92 Å². The number of alkyl halides is 6. The summed E-state index contributed by atoms with van der Waals surface area (Å²) < 4.78 is 76.4. The Kier molecular flexibility index (Phi) is 7.65. The number of nitrogens with zero attached hydrogens (tertiary/aromatic N) is 7. The van der Waals surface area contributed by atoms with E-state index in [1.165, 1.54) is 0 Å². The van der Waals surface area contributed by atoms with Gasteiger partial charge in [0.25, 0.3) is 5.56 Å². The smallest absolute Gasteiger partial charge is 0.339 e. The van der Waals surface area contributed by atoms with Crippen LogP contribution in [0.4, 0.5) is 32.3 Å². The van der Waals surface area contributed by atoms with Gasteiger partial charge in [0.05, 0.1) is 17.2 Å². The summed E-state index contributed by atoms with van der Waals surface area (Å²) in [4.78, 5) is 51.4. The van der Waals surface area contributed by atoms with Crippen molar-refractivity contribution >= 4 is 17.8 Å². The van der Waals surface area contributed by atoms with Gasteiger partial charge < -0.3 is 14.7 Å². The van der Waals surface area contributed by atoms with Gasteiger partial charge in [0.2, 0.25) is 17.8 Å². The van der Waals surface area contributed by atoms with Crippen LogP contribution in [0.3, 0.4) is 0 Å². The first-order valence-corrected chi connectivity index (χ1v) is 12.9. The summed E-state index contributed by atoms with van der Waals surface area (Å²) in [5.41, 5.74) is -0.0974. The second-order valence-electron chi connectivity index (χ2n) is 10.3. The van der Waals surface area contributed by atoms with E-state index in [9.17, 15) is 40.7 Å². The highest BCUT2D eigenvalue weighted by Crippen LogP contribution is 2.29. The molecule has 3 aliphatic rings. The zero-order valence-electron chi connectivity index (χ0n) is 21.6. The number of rotatable bonds is 5. The highest BCUT2D eigenvalue weighted by molar-refractivity contribution is 5.80. The molecule has 2 amide bonds. The number of anilines is 1. The molecule has 0 unspecified atom stereocenters. The van der Waals surface area contributed by atoms with Crippen molar-refractivity contribution in [3.05, 3.63) is 45.1 Å². The zero-order valence-corrected chi connectivity index (χ0v) is 21.6. The van der Waals surface area contributed by atoms with Gasteiger partial charge in [-0.25, -0.2) is 15.1 Å². The third kappa shape index (κ3) is 6.44. The van der Waals surface area contributed by atoms with Crippen molar-refractivity contribution in [1.29, 1.82) is 0 Å². The molecule has 2 fully saturated rings. The maximum absolute atomic E-state index is 13.0. The van der Waals surface area contributed by atoms with Crippen LogP contribution >= 0.6 is 0 Å². The lowest BCUT2D eigenvalue weighted by Gasteiger charge is -2.43. The Hall–Kier alpha value is -3.76. The highest BCUT2D eigenvalue weighted by atomic mass is 19.4. The SMILES string of the molecule is O=C(CC(F)(F)F)N1CCc2c(c(CN3CC(C(=O)N4CCN(c5ncc(C(F)(F)F)cn5)CC4)C3)n[nH]c2=O)C1. The van der Waals surface area contributed by atoms with E-state index in [4.69, 9.17) is 0 Å². The van der Waals surface area contributed by atoms with Crippen LogP contribution in [0.15, 0.2) is 17.2 Å². The second kappa shape index (κ2) is 10.9. The maximum Gasteiger partial charge on any atom is 0.419 e. The second-order valence-corrected chi connectivity index (χ2v) is 10.3. The van der Waals surface area contributed by atoms with E-state index in [1.807, 2.05) is 4.90 Å². The zero-order chi connectivity index (χ0) is 29.5. The van der Waals surface area contributed by atoms with E-state index in [1.54, 1.807) is 9.80 Å². The van der Waals surface area contributed by atoms with Crippen LogP contribution in [-0.4, -0.2) is 98.7 Å². The number of aromatic nitrogens is 4. The number of hydrogen-bond donors (Lipinski definition) is 1. The Morgan fingerprint density at radius 1 is 0.927 bits per heavy atom. The van der Waals surface area contributed by atoms with Gasteiger partial charge in [-0.3, -0.25) is 19.3 Å². The van der Waals surface area contributed by atoms with Crippen LogP contribution in [0.5, 0.6) is 0 Å². The summed E-state index contributed by atoms with van der Waals surface area (Å²) >= 11 is 0. The van der Waals surface area contributed by atoms with Gasteiger partial charge in [-0.05, 0) is 6.42 Å². The molecule has 0 aliphatic carbocycles. The lowest BCUT2D eigenvalue weighted by atomic mass is 9.95. The molecule has 0 aromatic carbocycles. The normalized spacial score (nSPS) is 18.7. The fraction of sp³-hybridized carbons (Fsp3) is 0.583. The van der Waals surface area contributed by atoms with Crippen molar-refractivity contribution in [3.8, 4) is 0 Å². The minimum Gasteiger partial charge on any atom is -0.339 e. The standard InChI is InChI=1S/C24H26F6N8O3/c25-23(26,27)7-19(39)38-2-1-16-17(12-38)18(33-34-20(16)40)13-35-10-14(11-35)21(41)36-3-5-37(6-4-36)22-31-8-15(9-32-22)24(28,29)30/h8-9,14H,1-7,10-13H2,(H,34,40). The first-order chi connectivity index (χ1) is 19.3. The number of aromatic amines is 1. The number of likely N-dealkylation sites (tertiary alicyclic amines) is 1. The Balaban J connectivity index is 1.13. The first kappa shape index (κ1) is 28.8. The Morgan fingerprint density at radius 2 is 1.59 bits per heavy atom. The largest absolute Gasteiger partial charge is 0.419 e. The predicted octanol–water partition coefficient (Wildman–Crippen LogP) is 1.20. The van der Waals surface area contributed by atoms with Gasteiger partial charge in [-0.2, -0.15) is 31.4 Å². The summed E-state index contributed by atoms with van der Waals surface area (Å²) in [5, 5.41) is 6.50. The summed E-state index contributed by atoms with van der Waals surface area (Å²) in [7, 11) is 0. The third-order valence-corrected chi connectivity index (χ3v) is 7.48. The van der Waals surface area contributed by atoms with Gasteiger partial charge in [0.1, 0.15) is 6.42 Å². The van der Waals surface area contributed by atoms with Crippen molar-refractivity contribution < 1.29 is 35.9 Å². The predicted molar refractivity (Wildman–Crippen MR) is 129 cm³/mol. The number of carbonyl (C=O) groups excluding carboxylic acids is 2. The Labute approximate surface area is 229 Å². The summed E-state index contributed by atoms with van der Waals surface area (Å²) in [5.74, 6) is -1.24. The fourth-order valence-corrected chi connectivity index (χ4v) is 5.24. The van der Waals surface area contributed by atoms with E-state index in [-0.39, 0.29) is 43.8 Å². The van der Waals surface area contributed by atoms with Gasteiger partial charge in [-0.15, -0.1) is 0 Å². The van der Waals surface area contributed by atoms with Crippen molar-refractivity contribution in [1.82, 2.24) is 34.9 Å². The summed E-state index contributed by atoms with van der Waals surface area (Å²) in [6, 6.07) is 0. The first-order valence-electron chi connectivity index (χ1n) is 12.9. The van der Waals surface area contributed by atoms with Crippen LogP contribution in [0.25, 0.3) is 0 Å². The van der Waals surface area contributed by atoms with Gasteiger partial charge in [0, 0.05) is 82.4 Å².